The molecule has 0 atom stereocenters. The lowest BCUT2D eigenvalue weighted by Crippen LogP contribution is -1.88. The van der Waals surface area contributed by atoms with E-state index in [2.05, 4.69) is 58.5 Å². The van der Waals surface area contributed by atoms with Crippen LogP contribution in [0.3, 0.4) is 0 Å². The van der Waals surface area contributed by atoms with Crippen molar-refractivity contribution in [3.05, 3.63) is 82.8 Å². The molecular formula is C19H14N2S2. The fourth-order valence-corrected chi connectivity index (χ4v) is 3.79. The molecule has 0 saturated heterocycles. The lowest BCUT2D eigenvalue weighted by molar-refractivity contribution is 1.19. The van der Waals surface area contributed by atoms with Gasteiger partial charge in [-0.25, -0.2) is 9.97 Å². The van der Waals surface area contributed by atoms with E-state index in [-0.39, 0.29) is 0 Å². The van der Waals surface area contributed by atoms with Gasteiger partial charge in [-0.05, 0) is 17.5 Å². The van der Waals surface area contributed by atoms with Crippen LogP contribution in [0.25, 0.3) is 21.1 Å². The Morgan fingerprint density at radius 2 is 1.04 bits per heavy atom. The summed E-state index contributed by atoms with van der Waals surface area (Å²) in [7, 11) is 0. The van der Waals surface area contributed by atoms with Gasteiger partial charge in [0.2, 0.25) is 0 Å². The van der Waals surface area contributed by atoms with E-state index < -0.39 is 0 Å². The van der Waals surface area contributed by atoms with Crippen molar-refractivity contribution in [2.75, 3.05) is 0 Å². The Morgan fingerprint density at radius 1 is 0.609 bits per heavy atom. The minimum absolute atomic E-state index is 0.941. The van der Waals surface area contributed by atoms with Crippen molar-refractivity contribution >= 4 is 22.7 Å². The first-order valence-corrected chi connectivity index (χ1v) is 9.12. The highest BCUT2D eigenvalue weighted by molar-refractivity contribution is 7.13. The molecule has 112 valence electrons. The Kier molecular flexibility index (Phi) is 4.01. The predicted octanol–water partition coefficient (Wildman–Crippen LogP) is 5.52. The number of hydrogen-bond acceptors (Lipinski definition) is 4. The molecule has 0 amide bonds. The maximum Gasteiger partial charge on any atom is 0.123 e. The van der Waals surface area contributed by atoms with Gasteiger partial charge in [0.15, 0.2) is 0 Å². The minimum atomic E-state index is 0.941. The predicted molar refractivity (Wildman–Crippen MR) is 97.9 cm³/mol. The molecule has 2 aromatic heterocycles. The molecule has 0 aliphatic heterocycles. The van der Waals surface area contributed by atoms with Crippen molar-refractivity contribution in [3.63, 3.8) is 0 Å². The SMILES string of the molecule is c1csc(-c2ccc(Cc3ccc(-c4nccs4)cc3)cc2)n1. The van der Waals surface area contributed by atoms with E-state index >= 15 is 0 Å². The number of benzene rings is 2. The number of aromatic nitrogens is 2. The van der Waals surface area contributed by atoms with Gasteiger partial charge in [-0.2, -0.15) is 0 Å². The maximum absolute atomic E-state index is 4.35. The zero-order valence-electron chi connectivity index (χ0n) is 12.3. The van der Waals surface area contributed by atoms with Crippen LogP contribution in [-0.2, 0) is 6.42 Å². The van der Waals surface area contributed by atoms with Crippen molar-refractivity contribution in [2.24, 2.45) is 0 Å². The maximum atomic E-state index is 4.35. The number of hydrogen-bond donors (Lipinski definition) is 0. The van der Waals surface area contributed by atoms with E-state index in [1.165, 1.54) is 22.3 Å². The van der Waals surface area contributed by atoms with E-state index in [1.807, 2.05) is 23.2 Å². The van der Waals surface area contributed by atoms with Crippen molar-refractivity contribution in [2.45, 2.75) is 6.42 Å². The fourth-order valence-electron chi connectivity index (χ4n) is 2.50. The first-order valence-electron chi connectivity index (χ1n) is 7.36. The first kappa shape index (κ1) is 14.3. The summed E-state index contributed by atoms with van der Waals surface area (Å²) in [4.78, 5) is 8.70. The van der Waals surface area contributed by atoms with Crippen LogP contribution in [0, 0.1) is 0 Å². The van der Waals surface area contributed by atoms with Crippen molar-refractivity contribution < 1.29 is 0 Å². The molecule has 23 heavy (non-hydrogen) atoms. The number of rotatable bonds is 4. The molecule has 4 rings (SSSR count). The molecule has 0 N–H and O–H groups in total. The third kappa shape index (κ3) is 3.23. The zero-order chi connectivity index (χ0) is 15.5. The Labute approximate surface area is 143 Å². The third-order valence-corrected chi connectivity index (χ3v) is 5.32. The molecule has 2 aromatic carbocycles. The molecule has 0 radical (unpaired) electrons. The van der Waals surface area contributed by atoms with Gasteiger partial charge in [-0.15, -0.1) is 22.7 Å². The third-order valence-electron chi connectivity index (χ3n) is 3.67. The second-order valence-electron chi connectivity index (χ2n) is 5.25. The van der Waals surface area contributed by atoms with Crippen LogP contribution in [0.4, 0.5) is 0 Å². The van der Waals surface area contributed by atoms with Gasteiger partial charge < -0.3 is 0 Å². The molecule has 4 heteroatoms. The first-order chi connectivity index (χ1) is 11.4. The van der Waals surface area contributed by atoms with Gasteiger partial charge in [0, 0.05) is 34.3 Å². The van der Waals surface area contributed by atoms with Crippen molar-refractivity contribution in [1.29, 1.82) is 0 Å². The highest BCUT2D eigenvalue weighted by atomic mass is 32.1. The summed E-state index contributed by atoms with van der Waals surface area (Å²) in [5.74, 6) is 0. The molecule has 4 aromatic rings. The van der Waals surface area contributed by atoms with Crippen LogP contribution in [0.15, 0.2) is 71.7 Å². The van der Waals surface area contributed by atoms with Gasteiger partial charge in [-0.3, -0.25) is 0 Å². The molecule has 0 aliphatic carbocycles. The van der Waals surface area contributed by atoms with Crippen LogP contribution in [0.1, 0.15) is 11.1 Å². The Morgan fingerprint density at radius 3 is 1.39 bits per heavy atom. The molecule has 0 fully saturated rings. The van der Waals surface area contributed by atoms with Crippen LogP contribution >= 0.6 is 22.7 Å². The van der Waals surface area contributed by atoms with E-state index in [0.29, 0.717) is 0 Å². The molecule has 0 spiro atoms. The molecule has 0 unspecified atom stereocenters. The zero-order valence-corrected chi connectivity index (χ0v) is 14.0. The average Bonchev–Trinajstić information content (AvgIpc) is 3.30. The largest absolute Gasteiger partial charge is 0.245 e. The van der Waals surface area contributed by atoms with E-state index in [4.69, 9.17) is 0 Å². The molecular weight excluding hydrogens is 320 g/mol. The van der Waals surface area contributed by atoms with Gasteiger partial charge in [0.05, 0.1) is 0 Å². The van der Waals surface area contributed by atoms with E-state index in [1.54, 1.807) is 22.7 Å². The normalized spacial score (nSPS) is 10.8. The lowest BCUT2D eigenvalue weighted by Gasteiger charge is -2.04. The average molecular weight is 334 g/mol. The Bertz CT molecular complexity index is 787. The van der Waals surface area contributed by atoms with Crippen molar-refractivity contribution in [3.8, 4) is 21.1 Å². The summed E-state index contributed by atoms with van der Waals surface area (Å²) in [5.41, 5.74) is 4.99. The molecule has 0 bridgehead atoms. The lowest BCUT2D eigenvalue weighted by atomic mass is 10.0. The highest BCUT2D eigenvalue weighted by Crippen LogP contribution is 2.24. The van der Waals surface area contributed by atoms with Gasteiger partial charge in [0.25, 0.3) is 0 Å². The van der Waals surface area contributed by atoms with E-state index in [9.17, 15) is 0 Å². The standard InChI is InChI=1S/C19H14N2S2/c1-5-16(18-20-9-11-22-18)6-2-14(1)13-15-3-7-17(8-4-15)19-21-10-12-23-19/h1-12H,13H2. The molecule has 2 heterocycles. The summed E-state index contributed by atoms with van der Waals surface area (Å²) in [6, 6.07) is 17.3. The number of thiazole rings is 2. The quantitative estimate of drug-likeness (QED) is 0.491. The topological polar surface area (TPSA) is 25.8 Å². The van der Waals surface area contributed by atoms with Gasteiger partial charge in [-0.1, -0.05) is 48.5 Å². The van der Waals surface area contributed by atoms with Crippen LogP contribution in [-0.4, -0.2) is 9.97 Å². The summed E-state index contributed by atoms with van der Waals surface area (Å²) in [6.45, 7) is 0. The fraction of sp³-hybridized carbons (Fsp3) is 0.0526. The molecule has 0 aliphatic rings. The second kappa shape index (κ2) is 6.44. The summed E-state index contributed by atoms with van der Waals surface area (Å²) >= 11 is 3.34. The Balaban J connectivity index is 1.49. The van der Waals surface area contributed by atoms with Crippen molar-refractivity contribution in [1.82, 2.24) is 9.97 Å². The minimum Gasteiger partial charge on any atom is -0.245 e. The smallest absolute Gasteiger partial charge is 0.123 e. The molecule has 0 saturated carbocycles. The Hall–Kier alpha value is -2.30. The van der Waals surface area contributed by atoms with Gasteiger partial charge in [0.1, 0.15) is 10.0 Å². The van der Waals surface area contributed by atoms with Crippen LogP contribution in [0.2, 0.25) is 0 Å². The van der Waals surface area contributed by atoms with Gasteiger partial charge >= 0.3 is 0 Å². The van der Waals surface area contributed by atoms with E-state index in [0.717, 1.165) is 16.4 Å². The number of nitrogens with zero attached hydrogens (tertiary/aromatic N) is 2. The summed E-state index contributed by atoms with van der Waals surface area (Å²) in [5, 5.41) is 6.16. The summed E-state index contributed by atoms with van der Waals surface area (Å²) < 4.78 is 0. The molecule has 2 nitrogen and oxygen atoms in total. The highest BCUT2D eigenvalue weighted by Gasteiger charge is 2.03. The summed E-state index contributed by atoms with van der Waals surface area (Å²) in [6.07, 6.45) is 4.63. The van der Waals surface area contributed by atoms with Crippen LogP contribution < -0.4 is 0 Å². The van der Waals surface area contributed by atoms with Crippen LogP contribution in [0.5, 0.6) is 0 Å². The second-order valence-corrected chi connectivity index (χ2v) is 7.03. The monoisotopic (exact) mass is 334 g/mol.